The molecule has 2 aliphatic rings. The Morgan fingerprint density at radius 2 is 1.37 bits per heavy atom. The van der Waals surface area contributed by atoms with Crippen LogP contribution in [0.4, 0.5) is 13.2 Å². The molecular weight excluding hydrogens is 591 g/mol. The van der Waals surface area contributed by atoms with E-state index in [1.807, 2.05) is 24.3 Å². The molecule has 0 aliphatic carbocycles. The third-order valence-electron chi connectivity index (χ3n) is 4.95. The summed E-state index contributed by atoms with van der Waals surface area (Å²) in [7, 11) is 0. The van der Waals surface area contributed by atoms with Crippen molar-refractivity contribution in [3.63, 3.8) is 0 Å². The highest BCUT2D eigenvalue weighted by molar-refractivity contribution is 9.10. The summed E-state index contributed by atoms with van der Waals surface area (Å²) >= 11 is 18.8. The van der Waals surface area contributed by atoms with Crippen LogP contribution in [-0.4, -0.2) is 43.8 Å². The molecule has 2 fully saturated rings. The van der Waals surface area contributed by atoms with Crippen LogP contribution < -0.4 is 5.32 Å². The maximum atomic E-state index is 12.1. The quantitative estimate of drug-likeness (QED) is 0.393. The lowest BCUT2D eigenvalue weighted by Gasteiger charge is -2.40. The van der Waals surface area contributed by atoms with Gasteiger partial charge in [-0.25, -0.2) is 0 Å². The molecule has 0 aromatic heterocycles. The van der Waals surface area contributed by atoms with Gasteiger partial charge < -0.3 is 5.32 Å². The van der Waals surface area contributed by atoms with Crippen molar-refractivity contribution >= 4 is 67.5 Å². The van der Waals surface area contributed by atoms with Crippen LogP contribution in [0.2, 0.25) is 10.0 Å². The summed E-state index contributed by atoms with van der Waals surface area (Å²) in [5.74, 6) is 0.726. The fraction of sp³-hybridized carbons (Fsp3) is 0.400. The van der Waals surface area contributed by atoms with Crippen LogP contribution >= 0.6 is 67.5 Å². The molecule has 166 valence electrons. The molecular formula is C20H20Br2Cl3F3N2. The normalized spacial score (nSPS) is 17.3. The largest absolute Gasteiger partial charge is 0.401 e. The van der Waals surface area contributed by atoms with E-state index in [1.165, 1.54) is 10.5 Å². The predicted octanol–water partition coefficient (Wildman–Crippen LogP) is 7.28. The Morgan fingerprint density at radius 1 is 0.900 bits per heavy atom. The first-order valence-electron chi connectivity index (χ1n) is 9.02. The molecule has 2 aromatic rings. The van der Waals surface area contributed by atoms with Crippen LogP contribution in [0.1, 0.15) is 23.0 Å². The van der Waals surface area contributed by atoms with Gasteiger partial charge in [-0.05, 0) is 35.4 Å². The molecule has 0 spiro atoms. The lowest BCUT2D eigenvalue weighted by atomic mass is 9.91. The minimum atomic E-state index is -4.12. The van der Waals surface area contributed by atoms with E-state index in [9.17, 15) is 13.2 Å². The van der Waals surface area contributed by atoms with E-state index < -0.39 is 12.7 Å². The molecule has 10 heteroatoms. The maximum absolute atomic E-state index is 12.1. The first-order chi connectivity index (χ1) is 13.6. The minimum absolute atomic E-state index is 0. The number of benzene rings is 2. The topological polar surface area (TPSA) is 15.3 Å². The molecule has 30 heavy (non-hydrogen) atoms. The molecule has 0 saturated carbocycles. The van der Waals surface area contributed by atoms with Gasteiger partial charge in [0.25, 0.3) is 0 Å². The lowest BCUT2D eigenvalue weighted by molar-refractivity contribution is -0.154. The molecule has 2 heterocycles. The Bertz CT molecular complexity index is 858. The van der Waals surface area contributed by atoms with Gasteiger partial charge in [0.05, 0.1) is 6.54 Å². The van der Waals surface area contributed by atoms with Gasteiger partial charge in [0, 0.05) is 57.0 Å². The Labute approximate surface area is 207 Å². The molecule has 2 aromatic carbocycles. The average Bonchev–Trinajstić information content (AvgIpc) is 2.52. The smallest absolute Gasteiger partial charge is 0.315 e. The number of hydrogen-bond donors (Lipinski definition) is 1. The summed E-state index contributed by atoms with van der Waals surface area (Å²) in [4.78, 5) is 1.38. The Kier molecular flexibility index (Phi) is 9.81. The summed E-state index contributed by atoms with van der Waals surface area (Å²) in [5.41, 5.74) is 2.19. The van der Waals surface area contributed by atoms with Gasteiger partial charge in [-0.15, -0.1) is 12.4 Å². The molecule has 4 rings (SSSR count). The Balaban J connectivity index is 0.000000218. The molecule has 2 nitrogen and oxygen atoms in total. The maximum Gasteiger partial charge on any atom is 0.401 e. The zero-order chi connectivity index (χ0) is 21.2. The summed E-state index contributed by atoms with van der Waals surface area (Å²) in [6.07, 6.45) is -4.12. The van der Waals surface area contributed by atoms with Gasteiger partial charge in [0.15, 0.2) is 0 Å². The van der Waals surface area contributed by atoms with E-state index in [0.717, 1.165) is 32.6 Å². The van der Waals surface area contributed by atoms with Crippen LogP contribution in [0.3, 0.4) is 0 Å². The van der Waals surface area contributed by atoms with E-state index in [-0.39, 0.29) is 18.3 Å². The number of hydrogen-bond acceptors (Lipinski definition) is 2. The third kappa shape index (κ3) is 7.26. The number of halogens is 8. The minimum Gasteiger partial charge on any atom is -0.315 e. The van der Waals surface area contributed by atoms with Crippen LogP contribution in [0.15, 0.2) is 45.3 Å². The van der Waals surface area contributed by atoms with Crippen molar-refractivity contribution in [2.45, 2.75) is 18.0 Å². The second kappa shape index (κ2) is 11.2. The number of nitrogens with zero attached hydrogens (tertiary/aromatic N) is 1. The van der Waals surface area contributed by atoms with Crippen molar-refractivity contribution in [2.24, 2.45) is 0 Å². The van der Waals surface area contributed by atoms with Crippen molar-refractivity contribution in [3.8, 4) is 0 Å². The van der Waals surface area contributed by atoms with Crippen molar-refractivity contribution in [1.29, 1.82) is 0 Å². The second-order valence-electron chi connectivity index (χ2n) is 7.19. The Hall–Kier alpha value is -0.0200. The van der Waals surface area contributed by atoms with Crippen molar-refractivity contribution in [1.82, 2.24) is 10.2 Å². The summed E-state index contributed by atoms with van der Waals surface area (Å²) < 4.78 is 38.3. The highest BCUT2D eigenvalue weighted by Crippen LogP contribution is 2.35. The Morgan fingerprint density at radius 3 is 1.73 bits per heavy atom. The standard InChI is InChI=1S/C11H10BrClF3N.C9H9BrClN.ClH/c12-8-1-2-9(10(13)3-8)7-4-17(5-7)6-11(14,15)16;10-7-1-2-8(9(11)3-7)6-4-12-5-6;/h1-3,7H,4-6H2;1-3,6,12H,4-5H2;1H. The first-order valence-corrected chi connectivity index (χ1v) is 11.4. The van der Waals surface area contributed by atoms with Gasteiger partial charge in [0.2, 0.25) is 0 Å². The van der Waals surface area contributed by atoms with Gasteiger partial charge in [-0.3, -0.25) is 4.90 Å². The SMILES string of the molecule is Cl.Clc1cc(Br)ccc1C1CNC1.FC(F)(F)CN1CC(c2ccc(Br)cc2Cl)C1. The molecule has 0 unspecified atom stereocenters. The molecule has 0 radical (unpaired) electrons. The summed E-state index contributed by atoms with van der Waals surface area (Å²) in [6.45, 7) is 2.11. The van der Waals surface area contributed by atoms with E-state index in [1.54, 1.807) is 6.07 Å². The zero-order valence-corrected chi connectivity index (χ0v) is 21.2. The van der Waals surface area contributed by atoms with E-state index in [2.05, 4.69) is 43.2 Å². The van der Waals surface area contributed by atoms with E-state index >= 15 is 0 Å². The van der Waals surface area contributed by atoms with E-state index in [0.29, 0.717) is 24.0 Å². The monoisotopic (exact) mass is 608 g/mol. The number of rotatable bonds is 3. The summed E-state index contributed by atoms with van der Waals surface area (Å²) in [5, 5.41) is 4.71. The molecule has 0 atom stereocenters. The van der Waals surface area contributed by atoms with Crippen LogP contribution in [0, 0.1) is 0 Å². The lowest BCUT2D eigenvalue weighted by Crippen LogP contribution is -2.49. The van der Waals surface area contributed by atoms with Gasteiger partial charge in [-0.2, -0.15) is 13.2 Å². The van der Waals surface area contributed by atoms with Crippen LogP contribution in [0.25, 0.3) is 0 Å². The first kappa shape index (κ1) is 26.2. The fourth-order valence-electron chi connectivity index (χ4n) is 3.32. The molecule has 2 aliphatic heterocycles. The molecule has 1 N–H and O–H groups in total. The molecule has 2 saturated heterocycles. The van der Waals surface area contributed by atoms with Gasteiger partial charge in [0.1, 0.15) is 0 Å². The van der Waals surface area contributed by atoms with Gasteiger partial charge in [-0.1, -0.05) is 67.2 Å². The highest BCUT2D eigenvalue weighted by Gasteiger charge is 2.37. The molecule has 0 bridgehead atoms. The third-order valence-corrected chi connectivity index (χ3v) is 6.59. The predicted molar refractivity (Wildman–Crippen MR) is 126 cm³/mol. The highest BCUT2D eigenvalue weighted by atomic mass is 79.9. The van der Waals surface area contributed by atoms with E-state index in [4.69, 9.17) is 23.2 Å². The summed E-state index contributed by atoms with van der Waals surface area (Å²) in [6, 6.07) is 11.6. The number of likely N-dealkylation sites (tertiary alicyclic amines) is 1. The zero-order valence-electron chi connectivity index (χ0n) is 15.7. The fourth-order valence-corrected chi connectivity index (χ4v) is 4.98. The number of nitrogens with one attached hydrogen (secondary N) is 1. The van der Waals surface area contributed by atoms with Gasteiger partial charge >= 0.3 is 6.18 Å². The van der Waals surface area contributed by atoms with Crippen molar-refractivity contribution < 1.29 is 13.2 Å². The van der Waals surface area contributed by atoms with Crippen LogP contribution in [0.5, 0.6) is 0 Å². The number of alkyl halides is 3. The second-order valence-corrected chi connectivity index (χ2v) is 9.84. The van der Waals surface area contributed by atoms with Crippen molar-refractivity contribution in [2.75, 3.05) is 32.7 Å². The average molecular weight is 612 g/mol. The van der Waals surface area contributed by atoms with Crippen molar-refractivity contribution in [3.05, 3.63) is 66.5 Å². The van der Waals surface area contributed by atoms with Crippen LogP contribution in [-0.2, 0) is 0 Å². The molecule has 0 amide bonds.